The summed E-state index contributed by atoms with van der Waals surface area (Å²) in [6.45, 7) is 9.50. The molecule has 8 heteroatoms. The first-order valence-corrected chi connectivity index (χ1v) is 9.87. The van der Waals surface area contributed by atoms with E-state index in [1.807, 2.05) is 6.92 Å². The van der Waals surface area contributed by atoms with Crippen LogP contribution in [-0.4, -0.2) is 64.3 Å². The molecule has 7 nitrogen and oxygen atoms in total. The molecule has 0 aromatic rings. The van der Waals surface area contributed by atoms with E-state index in [1.165, 1.54) is 25.9 Å². The van der Waals surface area contributed by atoms with Gasteiger partial charge < -0.3 is 15.5 Å². The molecule has 0 aromatic heterocycles. The third-order valence-corrected chi connectivity index (χ3v) is 4.58. The highest BCUT2D eigenvalue weighted by Gasteiger charge is 2.14. The number of hydrogen-bond donors (Lipinski definition) is 3. The summed E-state index contributed by atoms with van der Waals surface area (Å²) in [4.78, 5) is 6.96. The van der Waals surface area contributed by atoms with Crippen molar-refractivity contribution in [2.45, 2.75) is 33.1 Å². The molecule has 0 bridgehead atoms. The maximum absolute atomic E-state index is 10.9. The molecular formula is C14H31N5O2S. The number of guanidine groups is 1. The summed E-state index contributed by atoms with van der Waals surface area (Å²) < 4.78 is 21.8. The molecular weight excluding hydrogens is 302 g/mol. The van der Waals surface area contributed by atoms with E-state index >= 15 is 0 Å². The zero-order valence-corrected chi connectivity index (χ0v) is 14.7. The van der Waals surface area contributed by atoms with Crippen LogP contribution in [0.4, 0.5) is 0 Å². The molecule has 1 fully saturated rings. The standard InChI is InChI=1S/C14H31N5O2S/c1-3-16-14(18-8-12-22(15,20)21)17-7-4-9-19-10-5-13(2)6-11-19/h13H,3-12H2,1-2H3,(H2,15,20,21)(H2,16,17,18). The van der Waals surface area contributed by atoms with Gasteiger partial charge in [0.25, 0.3) is 0 Å². The molecule has 0 aliphatic carbocycles. The average molecular weight is 334 g/mol. The second kappa shape index (κ2) is 10.0. The largest absolute Gasteiger partial charge is 0.357 e. The molecule has 0 amide bonds. The third kappa shape index (κ3) is 9.22. The van der Waals surface area contributed by atoms with E-state index in [1.54, 1.807) is 0 Å². The number of likely N-dealkylation sites (tertiary alicyclic amines) is 1. The van der Waals surface area contributed by atoms with Crippen LogP contribution in [0.5, 0.6) is 0 Å². The second-order valence-corrected chi connectivity index (χ2v) is 7.67. The molecule has 1 saturated heterocycles. The van der Waals surface area contributed by atoms with Crippen molar-refractivity contribution in [3.05, 3.63) is 0 Å². The fraction of sp³-hybridized carbons (Fsp3) is 0.929. The molecule has 1 aliphatic heterocycles. The lowest BCUT2D eigenvalue weighted by Crippen LogP contribution is -2.40. The van der Waals surface area contributed by atoms with Crippen LogP contribution in [0.1, 0.15) is 33.1 Å². The minimum Gasteiger partial charge on any atom is -0.357 e. The van der Waals surface area contributed by atoms with Gasteiger partial charge in [-0.25, -0.2) is 13.6 Å². The Kier molecular flexibility index (Phi) is 8.74. The van der Waals surface area contributed by atoms with E-state index in [0.717, 1.165) is 32.0 Å². The molecule has 4 N–H and O–H groups in total. The minimum atomic E-state index is -3.43. The van der Waals surface area contributed by atoms with Crippen LogP contribution >= 0.6 is 0 Å². The number of nitrogens with one attached hydrogen (secondary N) is 2. The van der Waals surface area contributed by atoms with E-state index in [0.29, 0.717) is 5.96 Å². The number of nitrogens with zero attached hydrogens (tertiary/aromatic N) is 2. The summed E-state index contributed by atoms with van der Waals surface area (Å²) in [5, 5.41) is 11.1. The molecule has 0 radical (unpaired) electrons. The van der Waals surface area contributed by atoms with Gasteiger partial charge in [-0.3, -0.25) is 4.99 Å². The molecule has 1 heterocycles. The zero-order chi connectivity index (χ0) is 16.4. The Morgan fingerprint density at radius 2 is 2.00 bits per heavy atom. The number of hydrogen-bond acceptors (Lipinski definition) is 4. The Morgan fingerprint density at radius 1 is 1.32 bits per heavy atom. The van der Waals surface area contributed by atoms with Crippen molar-refractivity contribution in [3.8, 4) is 0 Å². The SMILES string of the molecule is CCNC(=NCCCN1CCC(C)CC1)NCCS(N)(=O)=O. The van der Waals surface area contributed by atoms with Gasteiger partial charge in [0.1, 0.15) is 0 Å². The Hall–Kier alpha value is -0.860. The first-order chi connectivity index (χ1) is 10.4. The number of rotatable bonds is 8. The molecule has 130 valence electrons. The van der Waals surface area contributed by atoms with Crippen molar-refractivity contribution in [2.24, 2.45) is 16.0 Å². The predicted molar refractivity (Wildman–Crippen MR) is 91.4 cm³/mol. The van der Waals surface area contributed by atoms with Crippen molar-refractivity contribution in [2.75, 3.05) is 45.0 Å². The lowest BCUT2D eigenvalue weighted by atomic mass is 9.99. The topological polar surface area (TPSA) is 99.8 Å². The number of sulfonamides is 1. The van der Waals surface area contributed by atoms with Gasteiger partial charge in [-0.15, -0.1) is 0 Å². The Balaban J connectivity index is 2.23. The summed E-state index contributed by atoms with van der Waals surface area (Å²) in [5.74, 6) is 1.42. The van der Waals surface area contributed by atoms with E-state index in [4.69, 9.17) is 5.14 Å². The quantitative estimate of drug-likeness (QED) is 0.329. The van der Waals surface area contributed by atoms with Crippen molar-refractivity contribution in [1.29, 1.82) is 0 Å². The molecule has 22 heavy (non-hydrogen) atoms. The van der Waals surface area contributed by atoms with Crippen LogP contribution in [0.2, 0.25) is 0 Å². The smallest absolute Gasteiger partial charge is 0.210 e. The molecule has 0 aromatic carbocycles. The minimum absolute atomic E-state index is 0.0939. The average Bonchev–Trinajstić information content (AvgIpc) is 2.44. The normalized spacial score (nSPS) is 18.4. The van der Waals surface area contributed by atoms with Crippen molar-refractivity contribution in [1.82, 2.24) is 15.5 Å². The fourth-order valence-electron chi connectivity index (χ4n) is 2.42. The molecule has 0 atom stereocenters. The van der Waals surface area contributed by atoms with Crippen molar-refractivity contribution < 1.29 is 8.42 Å². The third-order valence-electron chi connectivity index (χ3n) is 3.80. The monoisotopic (exact) mass is 333 g/mol. The lowest BCUT2D eigenvalue weighted by Gasteiger charge is -2.29. The number of nitrogens with two attached hydrogens (primary N) is 1. The van der Waals surface area contributed by atoms with Crippen LogP contribution in [0.25, 0.3) is 0 Å². The Labute approximate surface area is 134 Å². The molecule has 0 spiro atoms. The first kappa shape index (κ1) is 19.2. The number of primary sulfonamides is 1. The number of piperidine rings is 1. The van der Waals surface area contributed by atoms with Gasteiger partial charge in [0, 0.05) is 19.6 Å². The number of aliphatic imine (C=N–C) groups is 1. The van der Waals surface area contributed by atoms with Gasteiger partial charge >= 0.3 is 0 Å². The zero-order valence-electron chi connectivity index (χ0n) is 13.8. The van der Waals surface area contributed by atoms with Crippen LogP contribution in [0.15, 0.2) is 4.99 Å². The van der Waals surface area contributed by atoms with E-state index in [9.17, 15) is 8.42 Å². The van der Waals surface area contributed by atoms with E-state index in [2.05, 4.69) is 27.4 Å². The molecule has 1 rings (SSSR count). The predicted octanol–water partition coefficient (Wildman–Crippen LogP) is -0.0480. The first-order valence-electron chi connectivity index (χ1n) is 8.15. The summed E-state index contributed by atoms with van der Waals surface area (Å²) in [6.07, 6.45) is 3.60. The highest BCUT2D eigenvalue weighted by molar-refractivity contribution is 7.89. The summed E-state index contributed by atoms with van der Waals surface area (Å²) in [7, 11) is -3.43. The summed E-state index contributed by atoms with van der Waals surface area (Å²) in [5.41, 5.74) is 0. The summed E-state index contributed by atoms with van der Waals surface area (Å²) in [6, 6.07) is 0. The highest BCUT2D eigenvalue weighted by Crippen LogP contribution is 2.15. The molecule has 0 unspecified atom stereocenters. The van der Waals surface area contributed by atoms with Crippen LogP contribution in [0, 0.1) is 5.92 Å². The van der Waals surface area contributed by atoms with Crippen LogP contribution in [0.3, 0.4) is 0 Å². The Bertz CT molecular complexity index is 431. The lowest BCUT2D eigenvalue weighted by molar-refractivity contribution is 0.192. The van der Waals surface area contributed by atoms with Gasteiger partial charge in [-0.05, 0) is 51.7 Å². The van der Waals surface area contributed by atoms with Gasteiger partial charge in [-0.1, -0.05) is 6.92 Å². The Morgan fingerprint density at radius 3 is 2.59 bits per heavy atom. The highest BCUT2D eigenvalue weighted by atomic mass is 32.2. The van der Waals surface area contributed by atoms with Gasteiger partial charge in [0.2, 0.25) is 10.0 Å². The summed E-state index contributed by atoms with van der Waals surface area (Å²) >= 11 is 0. The van der Waals surface area contributed by atoms with Crippen molar-refractivity contribution in [3.63, 3.8) is 0 Å². The maximum atomic E-state index is 10.9. The van der Waals surface area contributed by atoms with Gasteiger partial charge in [-0.2, -0.15) is 0 Å². The van der Waals surface area contributed by atoms with E-state index < -0.39 is 10.0 Å². The second-order valence-electron chi connectivity index (χ2n) is 5.93. The molecule has 1 aliphatic rings. The van der Waals surface area contributed by atoms with Crippen molar-refractivity contribution >= 4 is 16.0 Å². The van der Waals surface area contributed by atoms with Crippen LogP contribution < -0.4 is 15.8 Å². The maximum Gasteiger partial charge on any atom is 0.210 e. The van der Waals surface area contributed by atoms with Gasteiger partial charge in [0.15, 0.2) is 5.96 Å². The van der Waals surface area contributed by atoms with E-state index in [-0.39, 0.29) is 12.3 Å². The fourth-order valence-corrected chi connectivity index (χ4v) is 2.81. The molecule has 0 saturated carbocycles. The van der Waals surface area contributed by atoms with Gasteiger partial charge in [0.05, 0.1) is 5.75 Å². The van der Waals surface area contributed by atoms with Crippen LogP contribution in [-0.2, 0) is 10.0 Å².